The smallest absolute Gasteiger partial charge is 0.293 e. The normalized spacial score (nSPS) is 14.6. The Bertz CT molecular complexity index is 1620. The van der Waals surface area contributed by atoms with Crippen LogP contribution in [0.25, 0.3) is 16.8 Å². The minimum Gasteiger partial charge on any atom is -0.491 e. The van der Waals surface area contributed by atoms with Gasteiger partial charge in [0.2, 0.25) is 0 Å². The Morgan fingerprint density at radius 1 is 0.810 bits per heavy atom. The van der Waals surface area contributed by atoms with E-state index in [1.165, 1.54) is 10.5 Å². The fraction of sp³-hybridized carbons (Fsp3) is 0.235. The maximum Gasteiger partial charge on any atom is 0.293 e. The molecule has 1 saturated heterocycles. The van der Waals surface area contributed by atoms with E-state index in [4.69, 9.17) is 14.2 Å². The molecular weight excluding hydrogens is 614 g/mol. The molecule has 0 radical (unpaired) electrons. The number of amides is 2. The first kappa shape index (κ1) is 29.7. The number of carbonyl (C=O) groups is 2. The topological polar surface area (TPSA) is 65.1 Å². The molecular formula is C34H32BrNO5S. The van der Waals surface area contributed by atoms with Crippen molar-refractivity contribution >= 4 is 55.7 Å². The first-order valence-corrected chi connectivity index (χ1v) is 15.3. The maximum atomic E-state index is 13.1. The SMILES string of the molecule is CC(C)(C)c1ccc(OCCOc2cc(Br)ccc2/C=C2\SC(=O)N(CCOc3cccc4ccccc34)C2=O)cc1. The zero-order valence-electron chi connectivity index (χ0n) is 23.8. The number of nitrogens with zero attached hydrogens (tertiary/aromatic N) is 1. The van der Waals surface area contributed by atoms with Crippen molar-refractivity contribution < 1.29 is 23.8 Å². The Labute approximate surface area is 258 Å². The van der Waals surface area contributed by atoms with Gasteiger partial charge in [-0.15, -0.1) is 0 Å². The lowest BCUT2D eigenvalue weighted by Crippen LogP contribution is -2.32. The van der Waals surface area contributed by atoms with Gasteiger partial charge in [-0.25, -0.2) is 0 Å². The van der Waals surface area contributed by atoms with Crippen molar-refractivity contribution in [2.45, 2.75) is 26.2 Å². The standard InChI is InChI=1S/C34H32BrNO5S/c1-34(2,3)25-12-15-27(16-13-25)39-19-20-41-30-22-26(35)14-11-24(30)21-31-32(37)36(33(38)42-31)17-18-40-29-10-6-8-23-7-4-5-9-28(23)29/h4-16,21-22H,17-20H2,1-3H3/b31-21-. The minimum atomic E-state index is -0.345. The molecule has 0 N–H and O–H groups in total. The van der Waals surface area contributed by atoms with Crippen molar-refractivity contribution in [2.24, 2.45) is 0 Å². The molecule has 1 heterocycles. The van der Waals surface area contributed by atoms with Gasteiger partial charge in [0.15, 0.2) is 0 Å². The third-order valence-electron chi connectivity index (χ3n) is 6.79. The number of fused-ring (bicyclic) bond motifs is 1. The van der Waals surface area contributed by atoms with E-state index >= 15 is 0 Å². The van der Waals surface area contributed by atoms with Gasteiger partial charge >= 0.3 is 0 Å². The number of imide groups is 1. The lowest BCUT2D eigenvalue weighted by molar-refractivity contribution is -0.123. The van der Waals surface area contributed by atoms with E-state index in [1.807, 2.05) is 72.8 Å². The Balaban J connectivity index is 1.19. The first-order chi connectivity index (χ1) is 20.2. The van der Waals surface area contributed by atoms with Crippen LogP contribution in [0.4, 0.5) is 4.79 Å². The summed E-state index contributed by atoms with van der Waals surface area (Å²) in [7, 11) is 0. The number of carbonyl (C=O) groups excluding carboxylic acids is 2. The highest BCUT2D eigenvalue weighted by Gasteiger charge is 2.35. The van der Waals surface area contributed by atoms with Gasteiger partial charge in [0.05, 0.1) is 11.4 Å². The van der Waals surface area contributed by atoms with Crippen LogP contribution in [-0.4, -0.2) is 42.4 Å². The van der Waals surface area contributed by atoms with Crippen molar-refractivity contribution in [3.05, 3.63) is 105 Å². The second-order valence-electron chi connectivity index (χ2n) is 10.8. The van der Waals surface area contributed by atoms with E-state index in [9.17, 15) is 9.59 Å². The molecule has 0 saturated carbocycles. The highest BCUT2D eigenvalue weighted by atomic mass is 79.9. The second-order valence-corrected chi connectivity index (χ2v) is 12.7. The average Bonchev–Trinajstić information content (AvgIpc) is 3.24. The zero-order valence-corrected chi connectivity index (χ0v) is 26.2. The van der Waals surface area contributed by atoms with Crippen LogP contribution in [0.5, 0.6) is 17.2 Å². The van der Waals surface area contributed by atoms with Gasteiger partial charge in [-0.05, 0) is 64.5 Å². The average molecular weight is 647 g/mol. The van der Waals surface area contributed by atoms with Crippen molar-refractivity contribution in [3.63, 3.8) is 0 Å². The van der Waals surface area contributed by atoms with Crippen LogP contribution in [0.3, 0.4) is 0 Å². The van der Waals surface area contributed by atoms with E-state index in [2.05, 4.69) is 48.8 Å². The molecule has 4 aromatic carbocycles. The number of rotatable bonds is 10. The zero-order chi connectivity index (χ0) is 29.7. The fourth-order valence-electron chi connectivity index (χ4n) is 4.52. The Kier molecular flexibility index (Phi) is 9.24. The van der Waals surface area contributed by atoms with E-state index in [0.29, 0.717) is 29.4 Å². The molecule has 0 aliphatic carbocycles. The maximum absolute atomic E-state index is 13.1. The van der Waals surface area contributed by atoms with Gasteiger partial charge in [-0.1, -0.05) is 91.3 Å². The molecule has 42 heavy (non-hydrogen) atoms. The summed E-state index contributed by atoms with van der Waals surface area (Å²) >= 11 is 4.41. The number of hydrogen-bond acceptors (Lipinski definition) is 6. The largest absolute Gasteiger partial charge is 0.491 e. The number of ether oxygens (including phenoxy) is 3. The molecule has 1 fully saturated rings. The summed E-state index contributed by atoms with van der Waals surface area (Å²) < 4.78 is 18.7. The molecule has 216 valence electrons. The number of thioether (sulfide) groups is 1. The summed E-state index contributed by atoms with van der Waals surface area (Å²) in [6, 6.07) is 27.4. The van der Waals surface area contributed by atoms with Crippen LogP contribution >= 0.6 is 27.7 Å². The van der Waals surface area contributed by atoms with Crippen molar-refractivity contribution in [1.82, 2.24) is 4.90 Å². The van der Waals surface area contributed by atoms with Gasteiger partial charge in [-0.3, -0.25) is 14.5 Å². The van der Waals surface area contributed by atoms with Crippen molar-refractivity contribution in [2.75, 3.05) is 26.4 Å². The van der Waals surface area contributed by atoms with Gasteiger partial charge in [0, 0.05) is 15.4 Å². The lowest BCUT2D eigenvalue weighted by Gasteiger charge is -2.19. The van der Waals surface area contributed by atoms with E-state index in [1.54, 1.807) is 6.08 Å². The molecule has 0 spiro atoms. The highest BCUT2D eigenvalue weighted by molar-refractivity contribution is 9.10. The Morgan fingerprint density at radius 2 is 1.52 bits per heavy atom. The van der Waals surface area contributed by atoms with E-state index in [-0.39, 0.29) is 29.7 Å². The molecule has 1 aliphatic rings. The Hall–Kier alpha value is -3.75. The van der Waals surface area contributed by atoms with Crippen LogP contribution in [0, 0.1) is 0 Å². The first-order valence-electron chi connectivity index (χ1n) is 13.7. The Morgan fingerprint density at radius 3 is 2.31 bits per heavy atom. The predicted molar refractivity (Wildman–Crippen MR) is 172 cm³/mol. The molecule has 0 unspecified atom stereocenters. The van der Waals surface area contributed by atoms with Gasteiger partial charge < -0.3 is 14.2 Å². The van der Waals surface area contributed by atoms with E-state index in [0.717, 1.165) is 38.5 Å². The molecule has 4 aromatic rings. The molecule has 8 heteroatoms. The molecule has 5 rings (SSSR count). The summed E-state index contributed by atoms with van der Waals surface area (Å²) in [5.74, 6) is 1.74. The number of benzene rings is 4. The minimum absolute atomic E-state index is 0.0825. The molecule has 0 bridgehead atoms. The summed E-state index contributed by atoms with van der Waals surface area (Å²) in [6.07, 6.45) is 1.70. The second kappa shape index (κ2) is 13.0. The van der Waals surface area contributed by atoms with Crippen LogP contribution in [0.2, 0.25) is 0 Å². The quantitative estimate of drug-likeness (QED) is 0.127. The highest BCUT2D eigenvalue weighted by Crippen LogP contribution is 2.35. The number of hydrogen-bond donors (Lipinski definition) is 0. The number of halogens is 1. The van der Waals surface area contributed by atoms with Gasteiger partial charge in [0.25, 0.3) is 11.1 Å². The van der Waals surface area contributed by atoms with Crippen LogP contribution in [-0.2, 0) is 10.2 Å². The van der Waals surface area contributed by atoms with Crippen molar-refractivity contribution in [3.8, 4) is 17.2 Å². The molecule has 1 aliphatic heterocycles. The lowest BCUT2D eigenvalue weighted by atomic mass is 9.87. The van der Waals surface area contributed by atoms with Crippen LogP contribution < -0.4 is 14.2 Å². The summed E-state index contributed by atoms with van der Waals surface area (Å²) in [5.41, 5.74) is 2.02. The molecule has 0 atom stereocenters. The van der Waals surface area contributed by atoms with Crippen LogP contribution in [0.15, 0.2) is 94.3 Å². The predicted octanol–water partition coefficient (Wildman–Crippen LogP) is 8.47. The molecule has 0 aromatic heterocycles. The third-order valence-corrected chi connectivity index (χ3v) is 8.19. The van der Waals surface area contributed by atoms with Crippen molar-refractivity contribution in [1.29, 1.82) is 0 Å². The monoisotopic (exact) mass is 645 g/mol. The summed E-state index contributed by atoms with van der Waals surface area (Å²) in [6.45, 7) is 7.55. The molecule has 6 nitrogen and oxygen atoms in total. The fourth-order valence-corrected chi connectivity index (χ4v) is 5.71. The summed E-state index contributed by atoms with van der Waals surface area (Å²) in [5, 5.41) is 1.73. The molecule has 2 amide bonds. The van der Waals surface area contributed by atoms with Gasteiger partial charge in [-0.2, -0.15) is 0 Å². The third kappa shape index (κ3) is 7.17. The van der Waals surface area contributed by atoms with E-state index < -0.39 is 0 Å². The summed E-state index contributed by atoms with van der Waals surface area (Å²) in [4.78, 5) is 27.4. The van der Waals surface area contributed by atoms with Crippen LogP contribution in [0.1, 0.15) is 31.9 Å². The van der Waals surface area contributed by atoms with Gasteiger partial charge in [0.1, 0.15) is 37.1 Å².